The van der Waals surface area contributed by atoms with Crippen LogP contribution in [0.5, 0.6) is 34.5 Å². The van der Waals surface area contributed by atoms with E-state index in [1.54, 1.807) is 12.1 Å². The van der Waals surface area contributed by atoms with Crippen molar-refractivity contribution in [3.05, 3.63) is 418 Å². The predicted molar refractivity (Wildman–Crippen MR) is 466 cm³/mol. The standard InChI is InChI=1S/C26H23NO3.C26H21NO3.C25H21NO5.C25H21NO3/c2*28-26(29)17-22-7-2-1-5-20(22)12-9-19-10-15-24(16-11-19)30-18-23-14-13-21-6-3-4-8-25(21)27-23;27-25(28)17-31-21-9-5-18(6-10-21)15-29-22-11-13-23(14-12-22)30-16-20-8-7-19-3-1-2-4-24(19)26-20;27-25(28)16-21-7-2-1-6-20(21)15-18-9-13-23(14-10-18)29-17-22-12-11-19-5-3-4-8-24(19)26-22/h1-8,10-11,13-16H,9,12,17-18H2,(H,28,29);1-16H,17-18H2,(H,28,29);1-14H,15-17H2,(H,27,28);1-14H,15-17H2,(H,27,28)/b;12-9+;;. The molecule has 120 heavy (non-hydrogen) atoms. The second-order valence-electron chi connectivity index (χ2n) is 28.0. The molecule has 0 unspecified atom stereocenters. The normalized spacial score (nSPS) is 10.8. The Morgan fingerprint density at radius 2 is 0.558 bits per heavy atom. The summed E-state index contributed by atoms with van der Waals surface area (Å²) in [5.41, 5.74) is 17.2. The molecular weight excluding hydrogens is 1510 g/mol. The lowest BCUT2D eigenvalue weighted by molar-refractivity contribution is -0.139. The van der Waals surface area contributed by atoms with Gasteiger partial charge in [-0.15, -0.1) is 0 Å². The topological polar surface area (TPSA) is 256 Å². The number of carboxylic acids is 4. The highest BCUT2D eigenvalue weighted by atomic mass is 16.5. The van der Waals surface area contributed by atoms with E-state index in [1.807, 2.05) is 309 Å². The maximum absolute atomic E-state index is 11.1. The highest BCUT2D eigenvalue weighted by Crippen LogP contribution is 2.27. The summed E-state index contributed by atoms with van der Waals surface area (Å²) < 4.78 is 34.4. The van der Waals surface area contributed by atoms with Crippen LogP contribution in [0.25, 0.3) is 55.8 Å². The second kappa shape index (κ2) is 42.4. The molecule has 598 valence electrons. The molecule has 0 fully saturated rings. The van der Waals surface area contributed by atoms with Crippen LogP contribution >= 0.6 is 0 Å². The van der Waals surface area contributed by atoms with Gasteiger partial charge in [0.2, 0.25) is 0 Å². The molecule has 4 heterocycles. The van der Waals surface area contributed by atoms with Gasteiger partial charge in [0.1, 0.15) is 67.5 Å². The van der Waals surface area contributed by atoms with Crippen LogP contribution in [0.4, 0.5) is 0 Å². The van der Waals surface area contributed by atoms with E-state index in [2.05, 4.69) is 50.3 Å². The molecular formula is C102H86N4O14. The van der Waals surface area contributed by atoms with Crippen LogP contribution in [-0.2, 0) is 90.7 Å². The van der Waals surface area contributed by atoms with Crippen molar-refractivity contribution in [1.82, 2.24) is 19.9 Å². The van der Waals surface area contributed by atoms with Gasteiger partial charge in [0.25, 0.3) is 0 Å². The van der Waals surface area contributed by atoms with Crippen molar-refractivity contribution in [3.8, 4) is 34.5 Å². The quantitative estimate of drug-likeness (QED) is 0.0295. The minimum absolute atomic E-state index is 0.0100. The molecule has 4 N–H and O–H groups in total. The monoisotopic (exact) mass is 1590 g/mol. The van der Waals surface area contributed by atoms with Crippen molar-refractivity contribution in [1.29, 1.82) is 0 Å². The van der Waals surface area contributed by atoms with Gasteiger partial charge in [0, 0.05) is 21.5 Å². The van der Waals surface area contributed by atoms with Gasteiger partial charge in [-0.1, -0.05) is 231 Å². The van der Waals surface area contributed by atoms with E-state index in [9.17, 15) is 19.2 Å². The minimum Gasteiger partial charge on any atom is -0.489 e. The van der Waals surface area contributed by atoms with Gasteiger partial charge in [0.15, 0.2) is 6.61 Å². The van der Waals surface area contributed by atoms with Crippen LogP contribution in [0.2, 0.25) is 0 Å². The van der Waals surface area contributed by atoms with Gasteiger partial charge in [-0.05, 0) is 196 Å². The first kappa shape index (κ1) is 82.7. The van der Waals surface area contributed by atoms with Gasteiger partial charge in [-0.2, -0.15) is 0 Å². The van der Waals surface area contributed by atoms with Crippen molar-refractivity contribution in [2.75, 3.05) is 6.61 Å². The summed E-state index contributed by atoms with van der Waals surface area (Å²) >= 11 is 0. The molecule has 18 heteroatoms. The van der Waals surface area contributed by atoms with E-state index in [1.165, 1.54) is 5.56 Å². The lowest BCUT2D eigenvalue weighted by Crippen LogP contribution is -2.09. The lowest BCUT2D eigenvalue weighted by Gasteiger charge is -2.10. The van der Waals surface area contributed by atoms with Gasteiger partial charge in [-0.25, -0.2) is 24.7 Å². The van der Waals surface area contributed by atoms with Crippen LogP contribution in [0.3, 0.4) is 0 Å². The molecule has 16 rings (SSSR count). The number of aliphatic carboxylic acids is 4. The fraction of sp³-hybridized carbons (Fsp3) is 0.118. The molecule has 4 aromatic heterocycles. The van der Waals surface area contributed by atoms with Crippen LogP contribution in [0, 0.1) is 0 Å². The van der Waals surface area contributed by atoms with Gasteiger partial charge in [0.05, 0.1) is 64.1 Å². The zero-order chi connectivity index (χ0) is 83.0. The number of carbonyl (C=O) groups is 4. The van der Waals surface area contributed by atoms with E-state index >= 15 is 0 Å². The Bertz CT molecular complexity index is 6140. The summed E-state index contributed by atoms with van der Waals surface area (Å²) in [5.74, 6) is 0.869. The van der Waals surface area contributed by atoms with Gasteiger partial charge in [-0.3, -0.25) is 14.4 Å². The summed E-state index contributed by atoms with van der Waals surface area (Å²) in [6.45, 7) is 1.66. The van der Waals surface area contributed by atoms with Crippen molar-refractivity contribution in [2.45, 2.75) is 71.6 Å². The number of nitrogens with zero attached hydrogens (tertiary/aromatic N) is 4. The summed E-state index contributed by atoms with van der Waals surface area (Å²) in [5, 5.41) is 40.3. The number of hydrogen-bond donors (Lipinski definition) is 4. The molecule has 16 aromatic rings. The average Bonchev–Trinajstić information content (AvgIpc) is 0.800. The number of rotatable bonds is 31. The van der Waals surface area contributed by atoms with Crippen LogP contribution in [0.15, 0.2) is 340 Å². The molecule has 0 radical (unpaired) electrons. The van der Waals surface area contributed by atoms with E-state index in [-0.39, 0.29) is 25.9 Å². The molecule has 0 amide bonds. The highest BCUT2D eigenvalue weighted by Gasteiger charge is 2.13. The third kappa shape index (κ3) is 25.6. The number of carboxylic acid groups (broad SMARTS) is 4. The third-order valence-corrected chi connectivity index (χ3v) is 19.3. The highest BCUT2D eigenvalue weighted by molar-refractivity contribution is 5.82. The number of fused-ring (bicyclic) bond motifs is 4. The Kier molecular flexibility index (Phi) is 29.2. The number of aryl methyl sites for hydroxylation is 2. The average molecular weight is 1590 g/mol. The Morgan fingerprint density at radius 1 is 0.250 bits per heavy atom. The number of benzene rings is 12. The molecule has 0 aliphatic carbocycles. The first-order valence-corrected chi connectivity index (χ1v) is 39.1. The molecule has 0 spiro atoms. The van der Waals surface area contributed by atoms with Crippen molar-refractivity contribution in [3.63, 3.8) is 0 Å². The number of aromatic nitrogens is 4. The summed E-state index contributed by atoms with van der Waals surface area (Å²) in [6, 6.07) is 109. The van der Waals surface area contributed by atoms with Crippen molar-refractivity contribution in [2.24, 2.45) is 0 Å². The molecule has 0 aliphatic heterocycles. The Hall–Kier alpha value is -15.3. The first-order valence-electron chi connectivity index (χ1n) is 39.1. The zero-order valence-corrected chi connectivity index (χ0v) is 65.6. The molecule has 0 atom stereocenters. The lowest BCUT2D eigenvalue weighted by atomic mass is 9.98. The maximum atomic E-state index is 11.1. The van der Waals surface area contributed by atoms with Crippen LogP contribution < -0.4 is 28.4 Å². The zero-order valence-electron chi connectivity index (χ0n) is 65.6. The molecule has 0 aliphatic rings. The predicted octanol–water partition coefficient (Wildman–Crippen LogP) is 20.7. The molecule has 18 nitrogen and oxygen atoms in total. The Balaban J connectivity index is 0.000000138. The van der Waals surface area contributed by atoms with E-state index in [0.29, 0.717) is 45.2 Å². The smallest absolute Gasteiger partial charge is 0.341 e. The van der Waals surface area contributed by atoms with Gasteiger partial charge >= 0.3 is 23.9 Å². The molecule has 0 saturated heterocycles. The van der Waals surface area contributed by atoms with Crippen molar-refractivity contribution < 1.29 is 68.0 Å². The number of pyridine rings is 4. The number of para-hydroxylation sites is 4. The van der Waals surface area contributed by atoms with E-state index < -0.39 is 23.9 Å². The maximum Gasteiger partial charge on any atom is 0.341 e. The second-order valence-corrected chi connectivity index (χ2v) is 28.0. The SMILES string of the molecule is O=C(O)COc1ccc(COc2ccc(OCc3ccc4ccccc4n3)cc2)cc1.O=C(O)Cc1ccccc1/C=C/c1ccc(OCc2ccc3ccccc3n2)cc1.O=C(O)Cc1ccccc1CCc1ccc(OCc2ccc3ccccc3n2)cc1.O=C(O)Cc1ccccc1Cc1ccc(OCc2ccc3ccccc3n2)cc1. The van der Waals surface area contributed by atoms with Crippen molar-refractivity contribution >= 4 is 79.6 Å². The van der Waals surface area contributed by atoms with E-state index in [0.717, 1.165) is 158 Å². The Morgan fingerprint density at radius 3 is 0.967 bits per heavy atom. The largest absolute Gasteiger partial charge is 0.489 e. The summed E-state index contributed by atoms with van der Waals surface area (Å²) in [6.07, 6.45) is 6.37. The number of ether oxygens (including phenoxy) is 6. The number of hydrogen-bond acceptors (Lipinski definition) is 14. The Labute approximate surface area is 694 Å². The van der Waals surface area contributed by atoms with Gasteiger partial charge < -0.3 is 48.8 Å². The fourth-order valence-corrected chi connectivity index (χ4v) is 13.0. The summed E-state index contributed by atoms with van der Waals surface area (Å²) in [7, 11) is 0. The molecule has 12 aromatic carbocycles. The minimum atomic E-state index is -1.01. The van der Waals surface area contributed by atoms with Crippen LogP contribution in [0.1, 0.15) is 78.4 Å². The molecule has 0 saturated carbocycles. The third-order valence-electron chi connectivity index (χ3n) is 19.3. The summed E-state index contributed by atoms with van der Waals surface area (Å²) in [4.78, 5) is 62.1. The molecule has 0 bridgehead atoms. The fourth-order valence-electron chi connectivity index (χ4n) is 13.0. The first-order chi connectivity index (χ1) is 58.7. The van der Waals surface area contributed by atoms with Crippen LogP contribution in [-0.4, -0.2) is 70.8 Å². The van der Waals surface area contributed by atoms with E-state index in [4.69, 9.17) is 48.8 Å².